The molecule has 0 bridgehead atoms. The van der Waals surface area contributed by atoms with Crippen LogP contribution in [0.5, 0.6) is 5.75 Å². The van der Waals surface area contributed by atoms with Gasteiger partial charge in [0.1, 0.15) is 5.75 Å². The number of aryl methyl sites for hydroxylation is 2. The van der Waals surface area contributed by atoms with Crippen LogP contribution in [-0.2, 0) is 6.42 Å². The molecule has 124 valence electrons. The van der Waals surface area contributed by atoms with E-state index in [1.54, 1.807) is 0 Å². The standard InChI is InChI=1S/C19H20N2O2S/c1-14-10-15(2)12-17(11-14)22-8-9-24-19-21-20-18(23-19)13-16-6-4-3-5-7-16/h3-7,10-12H,8-9,13H2,1-2H3. The molecule has 0 aliphatic carbocycles. The van der Waals surface area contributed by atoms with Crippen LogP contribution < -0.4 is 4.74 Å². The van der Waals surface area contributed by atoms with Gasteiger partial charge in [0.2, 0.25) is 5.89 Å². The number of thioether (sulfide) groups is 1. The molecule has 2 aromatic carbocycles. The zero-order valence-corrected chi connectivity index (χ0v) is 14.7. The summed E-state index contributed by atoms with van der Waals surface area (Å²) in [5, 5.41) is 8.76. The number of rotatable bonds is 7. The molecule has 0 amide bonds. The van der Waals surface area contributed by atoms with Gasteiger partial charge >= 0.3 is 0 Å². The van der Waals surface area contributed by atoms with E-state index < -0.39 is 0 Å². The molecule has 4 nitrogen and oxygen atoms in total. The Labute approximate surface area is 146 Å². The molecule has 1 aromatic heterocycles. The Morgan fingerprint density at radius 3 is 2.50 bits per heavy atom. The Morgan fingerprint density at radius 1 is 1.00 bits per heavy atom. The summed E-state index contributed by atoms with van der Waals surface area (Å²) in [6.07, 6.45) is 0.660. The molecule has 0 saturated carbocycles. The first-order valence-electron chi connectivity index (χ1n) is 7.89. The molecule has 0 aliphatic heterocycles. The third-order valence-corrected chi connectivity index (χ3v) is 4.20. The third-order valence-electron chi connectivity index (χ3n) is 3.42. The largest absolute Gasteiger partial charge is 0.493 e. The average Bonchev–Trinajstić information content (AvgIpc) is 2.99. The average molecular weight is 340 g/mol. The maximum absolute atomic E-state index is 5.78. The summed E-state index contributed by atoms with van der Waals surface area (Å²) in [4.78, 5) is 0. The van der Waals surface area contributed by atoms with Crippen molar-refractivity contribution < 1.29 is 9.15 Å². The third kappa shape index (κ3) is 4.86. The van der Waals surface area contributed by atoms with Crippen molar-refractivity contribution in [3.63, 3.8) is 0 Å². The Kier molecular flexibility index (Phi) is 5.54. The lowest BCUT2D eigenvalue weighted by atomic mass is 10.1. The predicted octanol–water partition coefficient (Wildman–Crippen LogP) is 4.45. The van der Waals surface area contributed by atoms with Gasteiger partial charge in [-0.1, -0.05) is 48.2 Å². The monoisotopic (exact) mass is 340 g/mol. The minimum absolute atomic E-state index is 0.588. The van der Waals surface area contributed by atoms with Gasteiger partial charge in [0.15, 0.2) is 0 Å². The minimum Gasteiger partial charge on any atom is -0.493 e. The smallest absolute Gasteiger partial charge is 0.276 e. The van der Waals surface area contributed by atoms with Gasteiger partial charge in [0.25, 0.3) is 5.22 Å². The van der Waals surface area contributed by atoms with Gasteiger partial charge in [0.05, 0.1) is 13.0 Å². The van der Waals surface area contributed by atoms with Crippen LogP contribution in [0.15, 0.2) is 58.2 Å². The van der Waals surface area contributed by atoms with E-state index in [0.29, 0.717) is 24.1 Å². The quantitative estimate of drug-likeness (QED) is 0.470. The van der Waals surface area contributed by atoms with Crippen LogP contribution in [0.3, 0.4) is 0 Å². The highest BCUT2D eigenvalue weighted by molar-refractivity contribution is 7.99. The fourth-order valence-corrected chi connectivity index (χ4v) is 3.04. The van der Waals surface area contributed by atoms with Crippen LogP contribution in [0.1, 0.15) is 22.6 Å². The van der Waals surface area contributed by atoms with Gasteiger partial charge in [0, 0.05) is 5.75 Å². The van der Waals surface area contributed by atoms with Crippen LogP contribution in [-0.4, -0.2) is 22.6 Å². The fourth-order valence-electron chi connectivity index (χ4n) is 2.44. The van der Waals surface area contributed by atoms with E-state index in [0.717, 1.165) is 17.1 Å². The molecule has 3 rings (SSSR count). The lowest BCUT2D eigenvalue weighted by molar-refractivity contribution is 0.342. The molecule has 0 N–H and O–H groups in total. The molecular formula is C19H20N2O2S. The first-order valence-corrected chi connectivity index (χ1v) is 8.88. The van der Waals surface area contributed by atoms with Gasteiger partial charge < -0.3 is 9.15 Å². The van der Waals surface area contributed by atoms with E-state index in [1.165, 1.54) is 22.9 Å². The van der Waals surface area contributed by atoms with E-state index in [4.69, 9.17) is 9.15 Å². The Balaban J connectivity index is 1.45. The normalized spacial score (nSPS) is 10.8. The van der Waals surface area contributed by atoms with Crippen molar-refractivity contribution >= 4 is 11.8 Å². The topological polar surface area (TPSA) is 48.2 Å². The van der Waals surface area contributed by atoms with E-state index in [9.17, 15) is 0 Å². The molecule has 24 heavy (non-hydrogen) atoms. The summed E-state index contributed by atoms with van der Waals surface area (Å²) < 4.78 is 11.4. The minimum atomic E-state index is 0.588. The maximum atomic E-state index is 5.78. The second-order valence-corrected chi connectivity index (χ2v) is 6.69. The maximum Gasteiger partial charge on any atom is 0.276 e. The van der Waals surface area contributed by atoms with Crippen molar-refractivity contribution in [1.82, 2.24) is 10.2 Å². The molecule has 3 aromatic rings. The summed E-state index contributed by atoms with van der Waals surface area (Å²) in [5.41, 5.74) is 3.58. The van der Waals surface area contributed by atoms with Crippen molar-refractivity contribution in [2.45, 2.75) is 25.5 Å². The molecule has 0 aliphatic rings. The molecule has 0 unspecified atom stereocenters. The van der Waals surface area contributed by atoms with Gasteiger partial charge in [-0.2, -0.15) is 0 Å². The highest BCUT2D eigenvalue weighted by Gasteiger charge is 2.07. The summed E-state index contributed by atoms with van der Waals surface area (Å²) in [7, 11) is 0. The second kappa shape index (κ2) is 8.02. The van der Waals surface area contributed by atoms with E-state index in [1.807, 2.05) is 30.3 Å². The second-order valence-electron chi connectivity index (χ2n) is 5.64. The van der Waals surface area contributed by atoms with Crippen molar-refractivity contribution in [1.29, 1.82) is 0 Å². The SMILES string of the molecule is Cc1cc(C)cc(OCCSc2nnc(Cc3ccccc3)o2)c1. The van der Waals surface area contributed by atoms with Crippen molar-refractivity contribution in [3.8, 4) is 5.75 Å². The summed E-state index contributed by atoms with van der Waals surface area (Å²) in [6, 6.07) is 16.3. The lowest BCUT2D eigenvalue weighted by Gasteiger charge is -2.07. The lowest BCUT2D eigenvalue weighted by Crippen LogP contribution is -2.00. The highest BCUT2D eigenvalue weighted by Crippen LogP contribution is 2.19. The van der Waals surface area contributed by atoms with Crippen molar-refractivity contribution in [2.24, 2.45) is 0 Å². The summed E-state index contributed by atoms with van der Waals surface area (Å²) in [5.74, 6) is 2.31. The summed E-state index contributed by atoms with van der Waals surface area (Å²) in [6.45, 7) is 4.74. The Hall–Kier alpha value is -2.27. The molecular weight excluding hydrogens is 320 g/mol. The molecule has 0 radical (unpaired) electrons. The Morgan fingerprint density at radius 2 is 1.75 bits per heavy atom. The molecule has 0 atom stereocenters. The first-order chi connectivity index (χ1) is 11.7. The predicted molar refractivity (Wildman–Crippen MR) is 95.7 cm³/mol. The highest BCUT2D eigenvalue weighted by atomic mass is 32.2. The number of hydrogen-bond donors (Lipinski definition) is 0. The summed E-state index contributed by atoms with van der Waals surface area (Å²) >= 11 is 1.51. The number of nitrogens with zero attached hydrogens (tertiary/aromatic N) is 2. The molecule has 0 spiro atoms. The van der Waals surface area contributed by atoms with E-state index >= 15 is 0 Å². The van der Waals surface area contributed by atoms with Crippen LogP contribution in [0.25, 0.3) is 0 Å². The van der Waals surface area contributed by atoms with E-state index in [2.05, 4.69) is 42.2 Å². The van der Waals surface area contributed by atoms with Crippen LogP contribution >= 0.6 is 11.8 Å². The van der Waals surface area contributed by atoms with Crippen LogP contribution in [0.2, 0.25) is 0 Å². The zero-order chi connectivity index (χ0) is 16.8. The molecule has 5 heteroatoms. The zero-order valence-electron chi connectivity index (χ0n) is 13.9. The van der Waals surface area contributed by atoms with Gasteiger partial charge in [-0.15, -0.1) is 10.2 Å². The van der Waals surface area contributed by atoms with Gasteiger partial charge in [-0.05, 0) is 42.7 Å². The van der Waals surface area contributed by atoms with E-state index in [-0.39, 0.29) is 0 Å². The van der Waals surface area contributed by atoms with Crippen molar-refractivity contribution in [3.05, 3.63) is 71.1 Å². The number of benzene rings is 2. The number of ether oxygens (including phenoxy) is 1. The Bertz CT molecular complexity index is 767. The van der Waals surface area contributed by atoms with Crippen LogP contribution in [0, 0.1) is 13.8 Å². The van der Waals surface area contributed by atoms with Crippen LogP contribution in [0.4, 0.5) is 0 Å². The number of hydrogen-bond acceptors (Lipinski definition) is 5. The molecule has 0 saturated heterocycles. The molecule has 0 fully saturated rings. The van der Waals surface area contributed by atoms with Gasteiger partial charge in [-0.3, -0.25) is 0 Å². The van der Waals surface area contributed by atoms with Crippen molar-refractivity contribution in [2.75, 3.05) is 12.4 Å². The molecule has 1 heterocycles. The van der Waals surface area contributed by atoms with Gasteiger partial charge in [-0.25, -0.2) is 0 Å². The fraction of sp³-hybridized carbons (Fsp3) is 0.263. The number of aromatic nitrogens is 2. The first kappa shape index (κ1) is 16.6.